The van der Waals surface area contributed by atoms with Crippen molar-refractivity contribution < 1.29 is 9.47 Å². The van der Waals surface area contributed by atoms with E-state index < -0.39 is 0 Å². The molecule has 1 fully saturated rings. The van der Waals surface area contributed by atoms with E-state index in [1.54, 1.807) is 0 Å². The number of nitrogens with zero attached hydrogens (tertiary/aromatic N) is 1. The van der Waals surface area contributed by atoms with Gasteiger partial charge in [-0.15, -0.1) is 0 Å². The Balaban J connectivity index is 1.21. The molecule has 0 spiro atoms. The molecule has 4 rings (SSSR count). The minimum Gasteiger partial charge on any atom is -0.492 e. The van der Waals surface area contributed by atoms with Gasteiger partial charge in [0, 0.05) is 19.6 Å². The zero-order chi connectivity index (χ0) is 17.6. The van der Waals surface area contributed by atoms with Gasteiger partial charge in [-0.25, -0.2) is 0 Å². The van der Waals surface area contributed by atoms with E-state index in [0.29, 0.717) is 12.7 Å². The van der Waals surface area contributed by atoms with Gasteiger partial charge >= 0.3 is 0 Å². The molecule has 1 unspecified atom stereocenters. The minimum atomic E-state index is 0.318. The van der Waals surface area contributed by atoms with Gasteiger partial charge < -0.3 is 9.47 Å². The van der Waals surface area contributed by atoms with E-state index in [4.69, 9.17) is 9.47 Å². The lowest BCUT2D eigenvalue weighted by molar-refractivity contribution is 0.0458. The van der Waals surface area contributed by atoms with Crippen LogP contribution in [-0.4, -0.2) is 37.2 Å². The van der Waals surface area contributed by atoms with Crippen LogP contribution >= 0.6 is 0 Å². The van der Waals surface area contributed by atoms with Crippen LogP contribution in [-0.2, 0) is 11.3 Å². The van der Waals surface area contributed by atoms with Crippen molar-refractivity contribution in [1.29, 1.82) is 0 Å². The Bertz CT molecular complexity index is 834. The fourth-order valence-corrected chi connectivity index (χ4v) is 3.49. The average Bonchev–Trinajstić information content (AvgIpc) is 3.15. The highest BCUT2D eigenvalue weighted by atomic mass is 16.5. The smallest absolute Gasteiger partial charge is 0.119 e. The molecule has 0 amide bonds. The van der Waals surface area contributed by atoms with Crippen molar-refractivity contribution in [3.63, 3.8) is 0 Å². The van der Waals surface area contributed by atoms with Gasteiger partial charge in [-0.1, -0.05) is 54.6 Å². The number of fused-ring (bicyclic) bond motifs is 1. The zero-order valence-corrected chi connectivity index (χ0v) is 15.0. The van der Waals surface area contributed by atoms with E-state index in [0.717, 1.165) is 38.4 Å². The molecular formula is C23H25NO2. The molecule has 0 N–H and O–H groups in total. The first kappa shape index (κ1) is 17.1. The first-order valence-corrected chi connectivity index (χ1v) is 9.36. The number of rotatable bonds is 7. The van der Waals surface area contributed by atoms with Crippen molar-refractivity contribution in [3.05, 3.63) is 78.4 Å². The molecule has 1 heterocycles. The first-order chi connectivity index (χ1) is 12.9. The third kappa shape index (κ3) is 4.43. The molecule has 0 aliphatic carbocycles. The van der Waals surface area contributed by atoms with Crippen molar-refractivity contribution in [2.75, 3.05) is 26.2 Å². The highest BCUT2D eigenvalue weighted by molar-refractivity contribution is 5.82. The summed E-state index contributed by atoms with van der Waals surface area (Å²) in [7, 11) is 0. The summed E-state index contributed by atoms with van der Waals surface area (Å²) < 4.78 is 11.9. The number of likely N-dealkylation sites (tertiary alicyclic amines) is 1. The third-order valence-corrected chi connectivity index (χ3v) is 4.95. The second-order valence-corrected chi connectivity index (χ2v) is 6.87. The van der Waals surface area contributed by atoms with Crippen LogP contribution < -0.4 is 4.74 Å². The molecule has 1 aliphatic rings. The van der Waals surface area contributed by atoms with Gasteiger partial charge in [-0.2, -0.15) is 0 Å². The first-order valence-electron chi connectivity index (χ1n) is 9.36. The lowest BCUT2D eigenvalue weighted by Crippen LogP contribution is -2.27. The van der Waals surface area contributed by atoms with Crippen LogP contribution in [0.2, 0.25) is 0 Å². The summed E-state index contributed by atoms with van der Waals surface area (Å²) in [5.41, 5.74) is 1.24. The molecule has 1 aliphatic heterocycles. The van der Waals surface area contributed by atoms with Crippen LogP contribution in [0.25, 0.3) is 10.8 Å². The summed E-state index contributed by atoms with van der Waals surface area (Å²) in [6.45, 7) is 4.43. The maximum atomic E-state index is 6.15. The molecular weight excluding hydrogens is 322 g/mol. The number of hydrogen-bond donors (Lipinski definition) is 0. The third-order valence-electron chi connectivity index (χ3n) is 4.95. The van der Waals surface area contributed by atoms with Gasteiger partial charge in [0.15, 0.2) is 0 Å². The van der Waals surface area contributed by atoms with Gasteiger partial charge in [0.05, 0.1) is 12.7 Å². The molecule has 3 heteroatoms. The molecule has 0 aromatic heterocycles. The van der Waals surface area contributed by atoms with E-state index in [1.807, 2.05) is 30.3 Å². The number of para-hydroxylation sites is 1. The van der Waals surface area contributed by atoms with Crippen LogP contribution in [0, 0.1) is 0 Å². The Hall–Kier alpha value is -2.36. The number of hydrogen-bond acceptors (Lipinski definition) is 3. The van der Waals surface area contributed by atoms with E-state index in [-0.39, 0.29) is 0 Å². The molecule has 0 saturated carbocycles. The SMILES string of the molecule is c1ccc(OCCN2CCC(OCc3ccc4ccccc4c3)C2)cc1. The Labute approximate surface area is 155 Å². The highest BCUT2D eigenvalue weighted by Crippen LogP contribution is 2.19. The zero-order valence-electron chi connectivity index (χ0n) is 15.0. The molecule has 1 saturated heterocycles. The Morgan fingerprint density at radius 3 is 2.58 bits per heavy atom. The van der Waals surface area contributed by atoms with Gasteiger partial charge in [0.2, 0.25) is 0 Å². The molecule has 134 valence electrons. The molecule has 0 bridgehead atoms. The topological polar surface area (TPSA) is 21.7 Å². The summed E-state index contributed by atoms with van der Waals surface area (Å²) in [6.07, 6.45) is 1.41. The van der Waals surface area contributed by atoms with Crippen LogP contribution in [0.3, 0.4) is 0 Å². The largest absolute Gasteiger partial charge is 0.492 e. The lowest BCUT2D eigenvalue weighted by atomic mass is 10.1. The Morgan fingerprint density at radius 1 is 0.885 bits per heavy atom. The van der Waals surface area contributed by atoms with Crippen molar-refractivity contribution >= 4 is 10.8 Å². The molecule has 0 radical (unpaired) electrons. The van der Waals surface area contributed by atoms with Gasteiger partial charge in [-0.3, -0.25) is 4.90 Å². The molecule has 3 aromatic rings. The fraction of sp³-hybridized carbons (Fsp3) is 0.304. The van der Waals surface area contributed by atoms with Crippen LogP contribution in [0.4, 0.5) is 0 Å². The van der Waals surface area contributed by atoms with E-state index in [2.05, 4.69) is 47.4 Å². The van der Waals surface area contributed by atoms with Crippen molar-refractivity contribution in [1.82, 2.24) is 4.90 Å². The van der Waals surface area contributed by atoms with Gasteiger partial charge in [0.25, 0.3) is 0 Å². The normalized spacial score (nSPS) is 17.6. The van der Waals surface area contributed by atoms with E-state index in [9.17, 15) is 0 Å². The summed E-state index contributed by atoms with van der Waals surface area (Å²) >= 11 is 0. The summed E-state index contributed by atoms with van der Waals surface area (Å²) in [5, 5.41) is 2.56. The number of ether oxygens (including phenoxy) is 2. The Morgan fingerprint density at radius 2 is 1.69 bits per heavy atom. The predicted molar refractivity (Wildman–Crippen MR) is 106 cm³/mol. The second-order valence-electron chi connectivity index (χ2n) is 6.87. The van der Waals surface area contributed by atoms with Gasteiger partial charge in [-0.05, 0) is 41.0 Å². The fourth-order valence-electron chi connectivity index (χ4n) is 3.49. The van der Waals surface area contributed by atoms with Crippen molar-refractivity contribution in [3.8, 4) is 5.75 Å². The molecule has 3 aromatic carbocycles. The maximum Gasteiger partial charge on any atom is 0.119 e. The van der Waals surface area contributed by atoms with Crippen molar-refractivity contribution in [2.24, 2.45) is 0 Å². The molecule has 26 heavy (non-hydrogen) atoms. The maximum absolute atomic E-state index is 6.15. The lowest BCUT2D eigenvalue weighted by Gasteiger charge is -2.17. The van der Waals surface area contributed by atoms with E-state index >= 15 is 0 Å². The summed E-state index contributed by atoms with van der Waals surface area (Å²) in [6, 6.07) is 25.0. The van der Waals surface area contributed by atoms with E-state index in [1.165, 1.54) is 16.3 Å². The van der Waals surface area contributed by atoms with Crippen LogP contribution in [0.5, 0.6) is 5.75 Å². The van der Waals surface area contributed by atoms with Crippen LogP contribution in [0.1, 0.15) is 12.0 Å². The Kier molecular flexibility index (Phi) is 5.48. The predicted octanol–water partition coefficient (Wildman–Crippen LogP) is 4.51. The quantitative estimate of drug-likeness (QED) is 0.628. The summed E-state index contributed by atoms with van der Waals surface area (Å²) in [4.78, 5) is 2.42. The summed E-state index contributed by atoms with van der Waals surface area (Å²) in [5.74, 6) is 0.941. The standard InChI is InChI=1S/C23H25NO2/c1-2-8-22(9-3-1)25-15-14-24-13-12-23(17-24)26-18-19-10-11-20-6-4-5-7-21(20)16-19/h1-11,16,23H,12-15,17-18H2. The number of benzene rings is 3. The monoisotopic (exact) mass is 347 g/mol. The van der Waals surface area contributed by atoms with Gasteiger partial charge in [0.1, 0.15) is 12.4 Å². The molecule has 1 atom stereocenters. The minimum absolute atomic E-state index is 0.318. The highest BCUT2D eigenvalue weighted by Gasteiger charge is 2.22. The van der Waals surface area contributed by atoms with Crippen molar-refractivity contribution in [2.45, 2.75) is 19.1 Å². The molecule has 3 nitrogen and oxygen atoms in total. The second kappa shape index (κ2) is 8.35. The van der Waals surface area contributed by atoms with Crippen LogP contribution in [0.15, 0.2) is 72.8 Å². The average molecular weight is 347 g/mol.